The Hall–Kier alpha value is -0.610. The van der Waals surface area contributed by atoms with Crippen LogP contribution in [0, 0.1) is 16.7 Å². The fourth-order valence-corrected chi connectivity index (χ4v) is 5.05. The van der Waals surface area contributed by atoms with Crippen LogP contribution in [-0.2, 0) is 9.53 Å². The summed E-state index contributed by atoms with van der Waals surface area (Å²) in [6, 6.07) is 0.311. The highest BCUT2D eigenvalue weighted by Crippen LogP contribution is 2.59. The SMILES string of the molecule is CCOC1CC(NC(=O)C2CC23CCNCC3)C1(CC)CC. The van der Waals surface area contributed by atoms with Crippen LogP contribution >= 0.6 is 0 Å². The molecular weight excluding hydrogens is 276 g/mol. The highest BCUT2D eigenvalue weighted by molar-refractivity contribution is 5.83. The molecule has 126 valence electrons. The molecule has 4 heteroatoms. The smallest absolute Gasteiger partial charge is 0.223 e. The molecule has 0 radical (unpaired) electrons. The molecule has 3 rings (SSSR count). The van der Waals surface area contributed by atoms with E-state index in [-0.39, 0.29) is 11.3 Å². The van der Waals surface area contributed by atoms with E-state index in [1.807, 2.05) is 0 Å². The van der Waals surface area contributed by atoms with Crippen molar-refractivity contribution in [3.63, 3.8) is 0 Å². The predicted molar refractivity (Wildman–Crippen MR) is 87.6 cm³/mol. The van der Waals surface area contributed by atoms with Crippen molar-refractivity contribution in [2.24, 2.45) is 16.7 Å². The number of carbonyl (C=O) groups excluding carboxylic acids is 1. The van der Waals surface area contributed by atoms with Gasteiger partial charge in [0.25, 0.3) is 0 Å². The first kappa shape index (κ1) is 16.3. The van der Waals surface area contributed by atoms with E-state index in [4.69, 9.17) is 4.74 Å². The first-order valence-corrected chi connectivity index (χ1v) is 9.24. The Morgan fingerprint density at radius 2 is 1.91 bits per heavy atom. The molecule has 3 atom stereocenters. The van der Waals surface area contributed by atoms with Crippen LogP contribution < -0.4 is 10.6 Å². The number of hydrogen-bond donors (Lipinski definition) is 2. The molecule has 3 unspecified atom stereocenters. The molecule has 0 bridgehead atoms. The van der Waals surface area contributed by atoms with E-state index in [1.54, 1.807) is 0 Å². The molecule has 22 heavy (non-hydrogen) atoms. The summed E-state index contributed by atoms with van der Waals surface area (Å²) >= 11 is 0. The highest BCUT2D eigenvalue weighted by atomic mass is 16.5. The second-order valence-electron chi connectivity index (χ2n) is 7.55. The van der Waals surface area contributed by atoms with Crippen LogP contribution in [0.5, 0.6) is 0 Å². The van der Waals surface area contributed by atoms with Crippen LogP contribution in [0.4, 0.5) is 0 Å². The fraction of sp³-hybridized carbons (Fsp3) is 0.944. The van der Waals surface area contributed by atoms with Crippen LogP contribution in [-0.4, -0.2) is 37.7 Å². The van der Waals surface area contributed by atoms with E-state index in [9.17, 15) is 4.79 Å². The lowest BCUT2D eigenvalue weighted by atomic mass is 9.58. The van der Waals surface area contributed by atoms with Gasteiger partial charge in [0.2, 0.25) is 5.91 Å². The number of amides is 1. The minimum Gasteiger partial charge on any atom is -0.378 e. The molecule has 0 aromatic heterocycles. The third-order valence-electron chi connectivity index (χ3n) is 6.89. The van der Waals surface area contributed by atoms with Crippen LogP contribution in [0.2, 0.25) is 0 Å². The number of rotatable bonds is 6. The molecule has 2 aliphatic carbocycles. The lowest BCUT2D eigenvalue weighted by molar-refractivity contribution is -0.149. The van der Waals surface area contributed by atoms with E-state index in [2.05, 4.69) is 31.4 Å². The van der Waals surface area contributed by atoms with E-state index < -0.39 is 0 Å². The van der Waals surface area contributed by atoms with Gasteiger partial charge < -0.3 is 15.4 Å². The standard InChI is InChI=1S/C18H32N2O2/c1-4-18(5-2)14(11-15(18)22-6-3)20-16(21)13-12-17(13)7-9-19-10-8-17/h13-15,19H,4-12H2,1-3H3,(H,20,21). The lowest BCUT2D eigenvalue weighted by Gasteiger charge is -2.55. The Balaban J connectivity index is 1.58. The van der Waals surface area contributed by atoms with Gasteiger partial charge in [-0.2, -0.15) is 0 Å². The summed E-state index contributed by atoms with van der Waals surface area (Å²) in [5, 5.41) is 6.80. The fourth-order valence-electron chi connectivity index (χ4n) is 5.05. The van der Waals surface area contributed by atoms with Gasteiger partial charge in [-0.25, -0.2) is 0 Å². The van der Waals surface area contributed by atoms with Crippen molar-refractivity contribution in [3.05, 3.63) is 0 Å². The Morgan fingerprint density at radius 3 is 2.50 bits per heavy atom. The maximum atomic E-state index is 12.7. The number of piperidine rings is 1. The van der Waals surface area contributed by atoms with Crippen molar-refractivity contribution in [1.82, 2.24) is 10.6 Å². The first-order valence-electron chi connectivity index (χ1n) is 9.24. The molecule has 3 aliphatic rings. The predicted octanol–water partition coefficient (Wildman–Crippen LogP) is 2.48. The minimum atomic E-state index is 0.155. The van der Waals surface area contributed by atoms with Gasteiger partial charge in [-0.1, -0.05) is 13.8 Å². The van der Waals surface area contributed by atoms with Crippen molar-refractivity contribution in [1.29, 1.82) is 0 Å². The third-order valence-corrected chi connectivity index (χ3v) is 6.89. The van der Waals surface area contributed by atoms with Crippen LogP contribution in [0.3, 0.4) is 0 Å². The van der Waals surface area contributed by atoms with Crippen molar-refractivity contribution in [2.75, 3.05) is 19.7 Å². The summed E-state index contributed by atoms with van der Waals surface area (Å²) in [4.78, 5) is 12.7. The van der Waals surface area contributed by atoms with Crippen molar-refractivity contribution in [3.8, 4) is 0 Å². The summed E-state index contributed by atoms with van der Waals surface area (Å²) in [6.07, 6.45) is 6.92. The van der Waals surface area contributed by atoms with Crippen molar-refractivity contribution >= 4 is 5.91 Å². The average molecular weight is 308 g/mol. The van der Waals surface area contributed by atoms with E-state index in [1.165, 1.54) is 12.8 Å². The van der Waals surface area contributed by atoms with Crippen LogP contribution in [0.1, 0.15) is 59.3 Å². The van der Waals surface area contributed by atoms with Crippen molar-refractivity contribution < 1.29 is 9.53 Å². The maximum Gasteiger partial charge on any atom is 0.223 e. The molecule has 2 N–H and O–H groups in total. The first-order chi connectivity index (χ1) is 10.6. The Morgan fingerprint density at radius 1 is 1.23 bits per heavy atom. The molecule has 1 heterocycles. The minimum absolute atomic E-state index is 0.155. The van der Waals surface area contributed by atoms with Gasteiger partial charge in [0.05, 0.1) is 6.10 Å². The highest BCUT2D eigenvalue weighted by Gasteiger charge is 2.60. The van der Waals surface area contributed by atoms with Crippen molar-refractivity contribution in [2.45, 2.75) is 71.4 Å². The second kappa shape index (κ2) is 6.12. The molecule has 1 amide bonds. The Labute approximate surface area is 134 Å². The zero-order valence-corrected chi connectivity index (χ0v) is 14.4. The molecule has 1 spiro atoms. The Bertz CT molecular complexity index is 413. The number of hydrogen-bond acceptors (Lipinski definition) is 3. The molecule has 0 aromatic rings. The van der Waals surface area contributed by atoms with Crippen LogP contribution in [0.15, 0.2) is 0 Å². The largest absolute Gasteiger partial charge is 0.378 e. The summed E-state index contributed by atoms with van der Waals surface area (Å²) in [5.74, 6) is 0.584. The van der Waals surface area contributed by atoms with E-state index >= 15 is 0 Å². The van der Waals surface area contributed by atoms with Gasteiger partial charge in [-0.3, -0.25) is 4.79 Å². The van der Waals surface area contributed by atoms with E-state index in [0.717, 1.165) is 45.4 Å². The maximum absolute atomic E-state index is 12.7. The van der Waals surface area contributed by atoms with Crippen LogP contribution in [0.25, 0.3) is 0 Å². The summed E-state index contributed by atoms with van der Waals surface area (Å²) < 4.78 is 5.91. The van der Waals surface area contributed by atoms with Gasteiger partial charge >= 0.3 is 0 Å². The Kier molecular flexibility index (Phi) is 4.52. The molecule has 4 nitrogen and oxygen atoms in total. The van der Waals surface area contributed by atoms with E-state index in [0.29, 0.717) is 23.5 Å². The summed E-state index contributed by atoms with van der Waals surface area (Å²) in [6.45, 7) is 9.46. The quantitative estimate of drug-likeness (QED) is 0.792. The molecule has 0 aromatic carbocycles. The summed E-state index contributed by atoms with van der Waals surface area (Å²) in [5.41, 5.74) is 0.487. The normalized spacial score (nSPS) is 35.0. The molecule has 1 aliphatic heterocycles. The zero-order chi connectivity index (χ0) is 15.8. The van der Waals surface area contributed by atoms with Gasteiger partial charge in [0, 0.05) is 24.0 Å². The molecule has 2 saturated carbocycles. The van der Waals surface area contributed by atoms with Gasteiger partial charge in [-0.05, 0) is 64.0 Å². The number of ether oxygens (including phenoxy) is 1. The number of nitrogens with one attached hydrogen (secondary N) is 2. The topological polar surface area (TPSA) is 50.4 Å². The third kappa shape index (κ3) is 2.48. The number of carbonyl (C=O) groups is 1. The molecule has 1 saturated heterocycles. The van der Waals surface area contributed by atoms with Gasteiger partial charge in [0.1, 0.15) is 0 Å². The summed E-state index contributed by atoms with van der Waals surface area (Å²) in [7, 11) is 0. The molecular formula is C18H32N2O2. The van der Waals surface area contributed by atoms with Gasteiger partial charge in [-0.15, -0.1) is 0 Å². The van der Waals surface area contributed by atoms with Gasteiger partial charge in [0.15, 0.2) is 0 Å². The lowest BCUT2D eigenvalue weighted by Crippen LogP contribution is -2.64. The second-order valence-corrected chi connectivity index (χ2v) is 7.55. The zero-order valence-electron chi connectivity index (χ0n) is 14.4. The average Bonchev–Trinajstić information content (AvgIpc) is 3.21. The monoisotopic (exact) mass is 308 g/mol. The molecule has 3 fully saturated rings.